The molecule has 0 radical (unpaired) electrons. The number of allylic oxidation sites excluding steroid dienone is 1. The summed E-state index contributed by atoms with van der Waals surface area (Å²) in [6.07, 6.45) is 17.2. The van der Waals surface area contributed by atoms with Crippen LogP contribution < -0.4 is 0 Å². The van der Waals surface area contributed by atoms with Gasteiger partial charge in [0, 0.05) is 13.3 Å². The number of ether oxygens (including phenoxy) is 1. The molecule has 4 rings (SSSR count). The quantitative estimate of drug-likeness (QED) is 0.283. The average molecular weight is 457 g/mol. The Morgan fingerprint density at radius 3 is 2.48 bits per heavy atom. The molecular weight excluding hydrogens is 404 g/mol. The van der Waals surface area contributed by atoms with Gasteiger partial charge in [0.15, 0.2) is 0 Å². The van der Waals surface area contributed by atoms with Gasteiger partial charge in [-0.2, -0.15) is 0 Å². The molecular formula is C31H52O2. The maximum atomic E-state index is 11.5. The summed E-state index contributed by atoms with van der Waals surface area (Å²) in [6.45, 7) is 16.6. The lowest BCUT2D eigenvalue weighted by atomic mass is 9.47. The van der Waals surface area contributed by atoms with Gasteiger partial charge in [0.2, 0.25) is 0 Å². The van der Waals surface area contributed by atoms with E-state index in [1.54, 1.807) is 12.5 Å². The second-order valence-corrected chi connectivity index (χ2v) is 13.4. The third kappa shape index (κ3) is 4.58. The number of hydrogen-bond donors (Lipinski definition) is 0. The minimum Gasteiger partial charge on any atom is -0.462 e. The van der Waals surface area contributed by atoms with Crippen LogP contribution in [0.2, 0.25) is 0 Å². The summed E-state index contributed by atoms with van der Waals surface area (Å²) in [6, 6.07) is 0. The molecule has 4 aliphatic carbocycles. The van der Waals surface area contributed by atoms with Gasteiger partial charge in [-0.3, -0.25) is 4.79 Å². The van der Waals surface area contributed by atoms with Crippen molar-refractivity contribution in [2.24, 2.45) is 52.3 Å². The fourth-order valence-electron chi connectivity index (χ4n) is 9.63. The zero-order valence-corrected chi connectivity index (χ0v) is 22.8. The lowest BCUT2D eigenvalue weighted by molar-refractivity contribution is -0.148. The van der Waals surface area contributed by atoms with Crippen LogP contribution in [-0.2, 0) is 9.53 Å². The number of carbonyl (C=O) groups is 1. The molecule has 0 amide bonds. The normalized spacial score (nSPS) is 42.1. The maximum absolute atomic E-state index is 11.5. The maximum Gasteiger partial charge on any atom is 0.302 e. The van der Waals surface area contributed by atoms with Gasteiger partial charge in [-0.15, -0.1) is 0 Å². The summed E-state index contributed by atoms with van der Waals surface area (Å²) < 4.78 is 5.63. The van der Waals surface area contributed by atoms with E-state index in [2.05, 4.69) is 47.6 Å². The van der Waals surface area contributed by atoms with Gasteiger partial charge in [-0.1, -0.05) is 66.0 Å². The van der Waals surface area contributed by atoms with Crippen molar-refractivity contribution in [3.05, 3.63) is 11.6 Å². The smallest absolute Gasteiger partial charge is 0.302 e. The largest absolute Gasteiger partial charge is 0.462 e. The van der Waals surface area contributed by atoms with E-state index < -0.39 is 0 Å². The highest BCUT2D eigenvalue weighted by Gasteiger charge is 2.59. The summed E-state index contributed by atoms with van der Waals surface area (Å²) in [7, 11) is 0. The summed E-state index contributed by atoms with van der Waals surface area (Å²) in [5, 5.41) is 0. The highest BCUT2D eigenvalue weighted by atomic mass is 16.5. The van der Waals surface area contributed by atoms with Crippen molar-refractivity contribution in [1.29, 1.82) is 0 Å². The van der Waals surface area contributed by atoms with Crippen molar-refractivity contribution < 1.29 is 9.53 Å². The molecule has 0 bridgehead atoms. The van der Waals surface area contributed by atoms with E-state index in [4.69, 9.17) is 4.74 Å². The predicted octanol–water partition coefficient (Wildman–Crippen LogP) is 8.60. The van der Waals surface area contributed by atoms with Gasteiger partial charge < -0.3 is 4.74 Å². The van der Waals surface area contributed by atoms with Gasteiger partial charge in [0.25, 0.3) is 0 Å². The van der Waals surface area contributed by atoms with E-state index in [0.29, 0.717) is 10.8 Å². The SMILES string of the molecule is CC[C@H](CC[C@@H](C)[C@@H]1CC[C@@H]2[C@H]3CC=C4C[C@@H](OC(C)=O)CC[C@]4(C)[C@@H]3CC[C@@]21C)C(C)C. The van der Waals surface area contributed by atoms with Crippen molar-refractivity contribution >= 4 is 5.97 Å². The van der Waals surface area contributed by atoms with Crippen LogP contribution in [-0.4, -0.2) is 12.1 Å². The van der Waals surface area contributed by atoms with Crippen LogP contribution in [0.3, 0.4) is 0 Å². The van der Waals surface area contributed by atoms with Gasteiger partial charge in [0.1, 0.15) is 6.10 Å². The molecule has 0 N–H and O–H groups in total. The van der Waals surface area contributed by atoms with Gasteiger partial charge in [-0.05, 0) is 104 Å². The standard InChI is InChI=1S/C31H52O2/c1-8-23(20(2)3)10-9-21(4)27-13-14-28-26-12-11-24-19-25(33-22(5)32)15-17-30(24,6)29(26)16-18-31(27,28)7/h11,20-21,23,25-29H,8-10,12-19H2,1-7H3/t21-,23-,25+,26-,27+,28-,29-,30+,31-/m1/s1. The number of fused-ring (bicyclic) bond motifs is 5. The van der Waals surface area contributed by atoms with Crippen molar-refractivity contribution in [2.75, 3.05) is 0 Å². The Morgan fingerprint density at radius 1 is 1.06 bits per heavy atom. The van der Waals surface area contributed by atoms with E-state index in [1.807, 2.05) is 0 Å². The Kier molecular flexibility index (Phi) is 7.43. The molecule has 0 aliphatic heterocycles. The molecule has 33 heavy (non-hydrogen) atoms. The zero-order chi connectivity index (χ0) is 24.0. The van der Waals surface area contributed by atoms with Gasteiger partial charge in [0.05, 0.1) is 0 Å². The Balaban J connectivity index is 1.46. The van der Waals surface area contributed by atoms with Gasteiger partial charge >= 0.3 is 5.97 Å². The molecule has 0 aromatic heterocycles. The lowest BCUT2D eigenvalue weighted by Crippen LogP contribution is -2.51. The first kappa shape index (κ1) is 25.3. The summed E-state index contributed by atoms with van der Waals surface area (Å²) in [5.41, 5.74) is 2.51. The van der Waals surface area contributed by atoms with Crippen molar-refractivity contribution in [3.63, 3.8) is 0 Å². The fraction of sp³-hybridized carbons (Fsp3) is 0.903. The molecule has 0 saturated heterocycles. The highest BCUT2D eigenvalue weighted by Crippen LogP contribution is 2.67. The average Bonchev–Trinajstić information content (AvgIpc) is 3.11. The molecule has 2 nitrogen and oxygen atoms in total. The summed E-state index contributed by atoms with van der Waals surface area (Å²) in [5.74, 6) is 6.03. The Bertz CT molecular complexity index is 737. The number of carbonyl (C=O) groups excluding carboxylic acids is 1. The van der Waals surface area contributed by atoms with Crippen LogP contribution in [0.4, 0.5) is 0 Å². The topological polar surface area (TPSA) is 26.3 Å². The van der Waals surface area contributed by atoms with Crippen LogP contribution in [0, 0.1) is 52.3 Å². The van der Waals surface area contributed by atoms with Crippen LogP contribution >= 0.6 is 0 Å². The molecule has 188 valence electrons. The summed E-state index contributed by atoms with van der Waals surface area (Å²) >= 11 is 0. The zero-order valence-electron chi connectivity index (χ0n) is 22.8. The first-order valence-electron chi connectivity index (χ1n) is 14.5. The highest BCUT2D eigenvalue weighted by molar-refractivity contribution is 5.66. The molecule has 0 unspecified atom stereocenters. The van der Waals surface area contributed by atoms with E-state index >= 15 is 0 Å². The molecule has 2 heteroatoms. The Labute approximate surface area is 204 Å². The van der Waals surface area contributed by atoms with Crippen LogP contribution in [0.5, 0.6) is 0 Å². The molecule has 3 fully saturated rings. The number of hydrogen-bond acceptors (Lipinski definition) is 2. The van der Waals surface area contributed by atoms with Crippen LogP contribution in [0.15, 0.2) is 11.6 Å². The van der Waals surface area contributed by atoms with E-state index in [-0.39, 0.29) is 12.1 Å². The molecule has 0 spiro atoms. The Hall–Kier alpha value is -0.790. The second-order valence-electron chi connectivity index (χ2n) is 13.4. The summed E-state index contributed by atoms with van der Waals surface area (Å²) in [4.78, 5) is 11.5. The third-order valence-corrected chi connectivity index (χ3v) is 11.6. The first-order valence-corrected chi connectivity index (χ1v) is 14.5. The predicted molar refractivity (Wildman–Crippen MR) is 138 cm³/mol. The number of rotatable bonds is 7. The third-order valence-electron chi connectivity index (χ3n) is 11.6. The second kappa shape index (κ2) is 9.69. The lowest BCUT2D eigenvalue weighted by Gasteiger charge is -2.58. The van der Waals surface area contributed by atoms with Gasteiger partial charge in [-0.25, -0.2) is 0 Å². The van der Waals surface area contributed by atoms with Crippen molar-refractivity contribution in [1.82, 2.24) is 0 Å². The van der Waals surface area contributed by atoms with Crippen LogP contribution in [0.1, 0.15) is 119 Å². The number of esters is 1. The van der Waals surface area contributed by atoms with Crippen LogP contribution in [0.25, 0.3) is 0 Å². The monoisotopic (exact) mass is 456 g/mol. The minimum atomic E-state index is -0.115. The van der Waals surface area contributed by atoms with E-state index in [1.165, 1.54) is 57.8 Å². The van der Waals surface area contributed by atoms with E-state index in [9.17, 15) is 4.79 Å². The van der Waals surface area contributed by atoms with Crippen molar-refractivity contribution in [2.45, 2.75) is 125 Å². The first-order chi connectivity index (χ1) is 15.6. The Morgan fingerprint density at radius 2 is 1.82 bits per heavy atom. The van der Waals surface area contributed by atoms with Crippen molar-refractivity contribution in [3.8, 4) is 0 Å². The van der Waals surface area contributed by atoms with E-state index in [0.717, 1.165) is 54.3 Å². The fourth-order valence-corrected chi connectivity index (χ4v) is 9.63. The molecule has 0 aromatic carbocycles. The molecule has 3 saturated carbocycles. The molecule has 0 heterocycles. The molecule has 4 aliphatic rings. The molecule has 9 atom stereocenters. The minimum absolute atomic E-state index is 0.113. The molecule has 0 aromatic rings.